The van der Waals surface area contributed by atoms with Crippen molar-refractivity contribution in [2.75, 3.05) is 6.54 Å². The van der Waals surface area contributed by atoms with Gasteiger partial charge in [-0.3, -0.25) is 0 Å². The Morgan fingerprint density at radius 3 is 2.41 bits per heavy atom. The summed E-state index contributed by atoms with van der Waals surface area (Å²) >= 11 is 0. The molecule has 3 atom stereocenters. The van der Waals surface area contributed by atoms with Crippen LogP contribution in [0.5, 0.6) is 0 Å². The molecule has 0 aromatic heterocycles. The molecule has 0 amide bonds. The maximum absolute atomic E-state index is 6.36. The third-order valence-corrected chi connectivity index (χ3v) is 4.84. The van der Waals surface area contributed by atoms with Crippen molar-refractivity contribution in [3.05, 3.63) is 35.4 Å². The van der Waals surface area contributed by atoms with E-state index in [1.807, 2.05) is 0 Å². The van der Waals surface area contributed by atoms with Gasteiger partial charge in [-0.25, -0.2) is 0 Å². The Balaban J connectivity index is 1.83. The molecule has 0 unspecified atom stereocenters. The van der Waals surface area contributed by atoms with Crippen molar-refractivity contribution in [3.8, 4) is 0 Å². The average molecular weight is 230 g/mol. The summed E-state index contributed by atoms with van der Waals surface area (Å²) in [6, 6.07) is 8.88. The first-order valence-corrected chi connectivity index (χ1v) is 6.76. The molecule has 0 aliphatic heterocycles. The van der Waals surface area contributed by atoms with Gasteiger partial charge in [-0.15, -0.1) is 0 Å². The standard InChI is InChI=1S/C15H22N2/c16-10-15(17)6-5-13-7-11-3-1-2-4-12(11)8-14(13)9-15/h1-4,13-14H,5-10,16-17H2/t13-,14+,15+/m0/s1. The number of hydrogen-bond acceptors (Lipinski definition) is 2. The summed E-state index contributed by atoms with van der Waals surface area (Å²) in [7, 11) is 0. The van der Waals surface area contributed by atoms with Gasteiger partial charge in [0.15, 0.2) is 0 Å². The molecule has 1 fully saturated rings. The highest BCUT2D eigenvalue weighted by atomic mass is 14.8. The van der Waals surface area contributed by atoms with E-state index in [-0.39, 0.29) is 5.54 Å². The summed E-state index contributed by atoms with van der Waals surface area (Å²) in [5.74, 6) is 1.60. The van der Waals surface area contributed by atoms with Crippen molar-refractivity contribution >= 4 is 0 Å². The highest BCUT2D eigenvalue weighted by Crippen LogP contribution is 2.42. The summed E-state index contributed by atoms with van der Waals surface area (Å²) in [5, 5.41) is 0. The molecule has 2 nitrogen and oxygen atoms in total. The van der Waals surface area contributed by atoms with Gasteiger partial charge in [0.25, 0.3) is 0 Å². The summed E-state index contributed by atoms with van der Waals surface area (Å²) in [6.45, 7) is 0.637. The molecule has 0 saturated heterocycles. The van der Waals surface area contributed by atoms with Gasteiger partial charge in [0.1, 0.15) is 0 Å². The van der Waals surface area contributed by atoms with Gasteiger partial charge >= 0.3 is 0 Å². The van der Waals surface area contributed by atoms with Crippen LogP contribution in [0, 0.1) is 11.8 Å². The average Bonchev–Trinajstić information content (AvgIpc) is 2.36. The van der Waals surface area contributed by atoms with E-state index >= 15 is 0 Å². The molecule has 17 heavy (non-hydrogen) atoms. The van der Waals surface area contributed by atoms with Crippen molar-refractivity contribution in [2.24, 2.45) is 23.3 Å². The molecule has 2 aliphatic carbocycles. The Morgan fingerprint density at radius 1 is 1.12 bits per heavy atom. The Bertz CT molecular complexity index is 415. The van der Waals surface area contributed by atoms with E-state index in [2.05, 4.69) is 24.3 Å². The van der Waals surface area contributed by atoms with Crippen LogP contribution < -0.4 is 11.5 Å². The normalized spacial score (nSPS) is 36.1. The minimum absolute atomic E-state index is 0.0898. The zero-order valence-corrected chi connectivity index (χ0v) is 10.4. The summed E-state index contributed by atoms with van der Waals surface area (Å²) in [4.78, 5) is 0. The second-order valence-electron chi connectivity index (χ2n) is 6.01. The van der Waals surface area contributed by atoms with Gasteiger partial charge in [-0.05, 0) is 55.1 Å². The highest BCUT2D eigenvalue weighted by Gasteiger charge is 2.39. The van der Waals surface area contributed by atoms with Crippen molar-refractivity contribution in [3.63, 3.8) is 0 Å². The summed E-state index contributed by atoms with van der Waals surface area (Å²) in [6.07, 6.45) is 5.93. The van der Waals surface area contributed by atoms with Crippen LogP contribution in [-0.2, 0) is 12.8 Å². The molecule has 0 radical (unpaired) electrons. The Hall–Kier alpha value is -0.860. The van der Waals surface area contributed by atoms with Gasteiger partial charge in [0.05, 0.1) is 0 Å². The maximum Gasteiger partial charge on any atom is 0.0281 e. The van der Waals surface area contributed by atoms with Crippen LogP contribution >= 0.6 is 0 Å². The second-order valence-corrected chi connectivity index (χ2v) is 6.01. The Kier molecular flexibility index (Phi) is 2.72. The molecule has 2 aliphatic rings. The lowest BCUT2D eigenvalue weighted by Crippen LogP contribution is -2.53. The van der Waals surface area contributed by atoms with Gasteiger partial charge in [0.2, 0.25) is 0 Å². The van der Waals surface area contributed by atoms with Gasteiger partial charge in [0, 0.05) is 12.1 Å². The fraction of sp³-hybridized carbons (Fsp3) is 0.600. The van der Waals surface area contributed by atoms with E-state index in [0.717, 1.165) is 24.7 Å². The SMILES string of the molecule is NC[C@@]1(N)CC[C@H]2Cc3ccccc3C[C@@H]2C1. The van der Waals surface area contributed by atoms with Crippen LogP contribution in [0.3, 0.4) is 0 Å². The largest absolute Gasteiger partial charge is 0.329 e. The predicted molar refractivity (Wildman–Crippen MR) is 70.7 cm³/mol. The second kappa shape index (κ2) is 4.11. The molecule has 0 bridgehead atoms. The molecule has 0 heterocycles. The van der Waals surface area contributed by atoms with Crippen LogP contribution in [0.4, 0.5) is 0 Å². The van der Waals surface area contributed by atoms with Crippen molar-refractivity contribution in [1.29, 1.82) is 0 Å². The molecule has 1 aromatic rings. The van der Waals surface area contributed by atoms with Crippen LogP contribution in [0.2, 0.25) is 0 Å². The molecular formula is C15H22N2. The zero-order valence-electron chi connectivity index (χ0n) is 10.4. The van der Waals surface area contributed by atoms with E-state index in [4.69, 9.17) is 11.5 Å². The molecule has 92 valence electrons. The third-order valence-electron chi connectivity index (χ3n) is 4.84. The van der Waals surface area contributed by atoms with E-state index in [1.165, 1.54) is 24.8 Å². The topological polar surface area (TPSA) is 52.0 Å². The fourth-order valence-electron chi connectivity index (χ4n) is 3.71. The number of fused-ring (bicyclic) bond motifs is 2. The lowest BCUT2D eigenvalue weighted by molar-refractivity contribution is 0.146. The van der Waals surface area contributed by atoms with E-state index in [9.17, 15) is 0 Å². The van der Waals surface area contributed by atoms with Crippen molar-refractivity contribution < 1.29 is 0 Å². The van der Waals surface area contributed by atoms with E-state index in [0.29, 0.717) is 6.54 Å². The highest BCUT2D eigenvalue weighted by molar-refractivity contribution is 5.31. The van der Waals surface area contributed by atoms with Crippen LogP contribution in [-0.4, -0.2) is 12.1 Å². The van der Waals surface area contributed by atoms with E-state index < -0.39 is 0 Å². The first-order chi connectivity index (χ1) is 8.20. The van der Waals surface area contributed by atoms with Gasteiger partial charge < -0.3 is 11.5 Å². The van der Waals surface area contributed by atoms with Crippen molar-refractivity contribution in [1.82, 2.24) is 0 Å². The molecule has 1 saturated carbocycles. The molecular weight excluding hydrogens is 208 g/mol. The molecule has 4 N–H and O–H groups in total. The fourth-order valence-corrected chi connectivity index (χ4v) is 3.71. The third kappa shape index (κ3) is 2.00. The Morgan fingerprint density at radius 2 is 1.76 bits per heavy atom. The zero-order chi connectivity index (χ0) is 11.9. The van der Waals surface area contributed by atoms with Gasteiger partial charge in [-0.1, -0.05) is 24.3 Å². The molecule has 2 heteroatoms. The number of nitrogens with two attached hydrogens (primary N) is 2. The number of rotatable bonds is 1. The minimum Gasteiger partial charge on any atom is -0.329 e. The van der Waals surface area contributed by atoms with Crippen molar-refractivity contribution in [2.45, 2.75) is 37.6 Å². The first kappa shape index (κ1) is 11.2. The molecule has 0 spiro atoms. The quantitative estimate of drug-likeness (QED) is 0.773. The number of hydrogen-bond donors (Lipinski definition) is 2. The number of benzene rings is 1. The monoisotopic (exact) mass is 230 g/mol. The lowest BCUT2D eigenvalue weighted by atomic mass is 9.64. The predicted octanol–water partition coefficient (Wildman–Crippen LogP) is 1.86. The van der Waals surface area contributed by atoms with Crippen LogP contribution in [0.15, 0.2) is 24.3 Å². The van der Waals surface area contributed by atoms with E-state index in [1.54, 1.807) is 5.56 Å². The van der Waals surface area contributed by atoms with Crippen LogP contribution in [0.1, 0.15) is 30.4 Å². The maximum atomic E-state index is 6.36. The minimum atomic E-state index is -0.0898. The lowest BCUT2D eigenvalue weighted by Gasteiger charge is -2.44. The van der Waals surface area contributed by atoms with Gasteiger partial charge in [-0.2, -0.15) is 0 Å². The first-order valence-electron chi connectivity index (χ1n) is 6.76. The molecule has 3 rings (SSSR count). The summed E-state index contributed by atoms with van der Waals surface area (Å²) in [5.41, 5.74) is 15.2. The smallest absolute Gasteiger partial charge is 0.0281 e. The van der Waals surface area contributed by atoms with Crippen LogP contribution in [0.25, 0.3) is 0 Å². The molecule has 1 aromatic carbocycles. The Labute approximate surface area is 103 Å². The summed E-state index contributed by atoms with van der Waals surface area (Å²) < 4.78 is 0.